The van der Waals surface area contributed by atoms with Crippen molar-refractivity contribution in [3.8, 4) is 0 Å². The number of hydrogen-bond acceptors (Lipinski definition) is 2. The van der Waals surface area contributed by atoms with Crippen molar-refractivity contribution in [1.82, 2.24) is 0 Å². The number of carbonyl (C=O) groups excluding carboxylic acids is 1. The number of rotatable bonds is 2. The molecule has 0 aromatic carbocycles. The van der Waals surface area contributed by atoms with Gasteiger partial charge in [0.05, 0.1) is 4.34 Å². The highest BCUT2D eigenvalue weighted by Gasteiger charge is 2.34. The number of Topliss-reactive ketones (excluding diaryl/α,β-unsaturated/α-hetero) is 1. The Balaban J connectivity index is 2.04. The molecule has 1 aromatic rings. The Morgan fingerprint density at radius 2 is 2.11 bits per heavy atom. The van der Waals surface area contributed by atoms with E-state index in [4.69, 9.17) is 11.6 Å². The van der Waals surface area contributed by atoms with E-state index in [2.05, 4.69) is 26.8 Å². The molecule has 0 bridgehead atoms. The third-order valence-electron chi connectivity index (χ3n) is 4.06. The number of halogens is 1. The van der Waals surface area contributed by atoms with Crippen LogP contribution in [-0.4, -0.2) is 5.78 Å². The first kappa shape index (κ1) is 14.1. The van der Waals surface area contributed by atoms with Gasteiger partial charge in [0.2, 0.25) is 0 Å². The van der Waals surface area contributed by atoms with Crippen LogP contribution < -0.4 is 0 Å². The van der Waals surface area contributed by atoms with E-state index < -0.39 is 0 Å². The summed E-state index contributed by atoms with van der Waals surface area (Å²) in [5.41, 5.74) is 0.312. The Kier molecular flexibility index (Phi) is 4.18. The maximum atomic E-state index is 12.0. The molecule has 1 nitrogen and oxygen atoms in total. The molecule has 1 aromatic heterocycles. The average Bonchev–Trinajstić information content (AvgIpc) is 2.66. The number of ketones is 1. The van der Waals surface area contributed by atoms with Crippen molar-refractivity contribution in [2.45, 2.75) is 46.5 Å². The van der Waals surface area contributed by atoms with Crippen molar-refractivity contribution in [2.24, 2.45) is 17.3 Å². The van der Waals surface area contributed by atoms with Gasteiger partial charge in [0, 0.05) is 17.2 Å². The molecule has 18 heavy (non-hydrogen) atoms. The van der Waals surface area contributed by atoms with Crippen LogP contribution in [0.3, 0.4) is 0 Å². The lowest BCUT2D eigenvalue weighted by Crippen LogP contribution is -2.32. The van der Waals surface area contributed by atoms with Crippen LogP contribution in [0.2, 0.25) is 4.34 Å². The molecule has 1 fully saturated rings. The van der Waals surface area contributed by atoms with Crippen molar-refractivity contribution in [3.63, 3.8) is 0 Å². The molecule has 1 aliphatic carbocycles. The molecule has 0 spiro atoms. The van der Waals surface area contributed by atoms with Crippen LogP contribution in [0.25, 0.3) is 0 Å². The summed E-state index contributed by atoms with van der Waals surface area (Å²) < 4.78 is 0.820. The van der Waals surface area contributed by atoms with Gasteiger partial charge in [0.15, 0.2) is 0 Å². The molecule has 100 valence electrons. The average molecular weight is 285 g/mol. The lowest BCUT2D eigenvalue weighted by molar-refractivity contribution is -0.126. The molecule has 1 saturated carbocycles. The lowest BCUT2D eigenvalue weighted by atomic mass is 9.68. The topological polar surface area (TPSA) is 17.1 Å². The van der Waals surface area contributed by atoms with Crippen molar-refractivity contribution >= 4 is 28.7 Å². The molecule has 1 heterocycles. The highest BCUT2D eigenvalue weighted by molar-refractivity contribution is 7.16. The van der Waals surface area contributed by atoms with E-state index in [1.807, 2.05) is 6.07 Å². The van der Waals surface area contributed by atoms with E-state index >= 15 is 0 Å². The zero-order chi connectivity index (χ0) is 13.3. The maximum absolute atomic E-state index is 12.0. The second-order valence-electron chi connectivity index (χ2n) is 6.41. The molecular weight excluding hydrogens is 264 g/mol. The quantitative estimate of drug-likeness (QED) is 0.749. The van der Waals surface area contributed by atoms with E-state index in [9.17, 15) is 4.79 Å². The molecule has 0 amide bonds. The summed E-state index contributed by atoms with van der Waals surface area (Å²) in [5, 5.41) is 0. The van der Waals surface area contributed by atoms with E-state index in [1.165, 1.54) is 4.88 Å². The van der Waals surface area contributed by atoms with Gasteiger partial charge in [-0.05, 0) is 42.7 Å². The summed E-state index contributed by atoms with van der Waals surface area (Å²) in [6.45, 7) is 6.85. The van der Waals surface area contributed by atoms with Gasteiger partial charge in [-0.1, -0.05) is 32.4 Å². The number of carbonyl (C=O) groups is 1. The predicted octanol–water partition coefficient (Wildman–Crippen LogP) is 4.98. The minimum Gasteiger partial charge on any atom is -0.299 e. The summed E-state index contributed by atoms with van der Waals surface area (Å²) in [5.74, 6) is 1.31. The zero-order valence-electron chi connectivity index (χ0n) is 11.3. The maximum Gasteiger partial charge on any atom is 0.136 e. The summed E-state index contributed by atoms with van der Waals surface area (Å²) >= 11 is 7.55. The van der Waals surface area contributed by atoms with Gasteiger partial charge in [-0.2, -0.15) is 0 Å². The minimum atomic E-state index is 0.206. The molecule has 1 aliphatic rings. The third-order valence-corrected chi connectivity index (χ3v) is 5.32. The van der Waals surface area contributed by atoms with Crippen LogP contribution in [-0.2, 0) is 11.2 Å². The van der Waals surface area contributed by atoms with Gasteiger partial charge in [-0.15, -0.1) is 11.3 Å². The second-order valence-corrected chi connectivity index (χ2v) is 8.21. The highest BCUT2D eigenvalue weighted by atomic mass is 35.5. The molecule has 2 rings (SSSR count). The van der Waals surface area contributed by atoms with E-state index in [0.29, 0.717) is 17.1 Å². The van der Waals surface area contributed by atoms with Crippen LogP contribution in [0.4, 0.5) is 0 Å². The van der Waals surface area contributed by atoms with Crippen LogP contribution in [0.15, 0.2) is 12.1 Å². The first-order chi connectivity index (χ1) is 8.36. The monoisotopic (exact) mass is 284 g/mol. The Hall–Kier alpha value is -0.340. The van der Waals surface area contributed by atoms with Crippen LogP contribution >= 0.6 is 22.9 Å². The van der Waals surface area contributed by atoms with Gasteiger partial charge in [0.25, 0.3) is 0 Å². The van der Waals surface area contributed by atoms with Crippen LogP contribution in [0.5, 0.6) is 0 Å². The molecule has 0 saturated heterocycles. The first-order valence-corrected chi connectivity index (χ1v) is 7.82. The van der Waals surface area contributed by atoms with Crippen molar-refractivity contribution in [1.29, 1.82) is 0 Å². The summed E-state index contributed by atoms with van der Waals surface area (Å²) in [6.07, 6.45) is 3.73. The SMILES string of the molecule is CC(C)(C)C1CCC(=O)C(Cc2ccc(Cl)s2)C1. The fourth-order valence-electron chi connectivity index (χ4n) is 2.80. The first-order valence-electron chi connectivity index (χ1n) is 6.63. The third kappa shape index (κ3) is 3.36. The van der Waals surface area contributed by atoms with E-state index in [1.54, 1.807) is 11.3 Å². The van der Waals surface area contributed by atoms with Crippen LogP contribution in [0.1, 0.15) is 44.9 Å². The van der Waals surface area contributed by atoms with Gasteiger partial charge in [0.1, 0.15) is 5.78 Å². The largest absolute Gasteiger partial charge is 0.299 e. The number of thiophene rings is 1. The Bertz CT molecular complexity index is 430. The lowest BCUT2D eigenvalue weighted by Gasteiger charge is -2.36. The molecule has 2 unspecified atom stereocenters. The standard InChI is InChI=1S/C15H21ClOS/c1-15(2,3)11-4-6-13(17)10(8-11)9-12-5-7-14(16)18-12/h5,7,10-11H,4,6,8-9H2,1-3H3. The highest BCUT2D eigenvalue weighted by Crippen LogP contribution is 2.40. The van der Waals surface area contributed by atoms with E-state index in [0.717, 1.165) is 30.0 Å². The Labute approximate surface area is 119 Å². The molecular formula is C15H21ClOS. The number of hydrogen-bond donors (Lipinski definition) is 0. The predicted molar refractivity (Wildman–Crippen MR) is 78.3 cm³/mol. The minimum absolute atomic E-state index is 0.206. The van der Waals surface area contributed by atoms with Gasteiger partial charge in [-0.25, -0.2) is 0 Å². The fourth-order valence-corrected chi connectivity index (χ4v) is 3.97. The van der Waals surface area contributed by atoms with E-state index in [-0.39, 0.29) is 5.92 Å². The summed E-state index contributed by atoms with van der Waals surface area (Å²) in [4.78, 5) is 13.3. The fraction of sp³-hybridized carbons (Fsp3) is 0.667. The molecule has 0 N–H and O–H groups in total. The van der Waals surface area contributed by atoms with Gasteiger partial charge < -0.3 is 0 Å². The second kappa shape index (κ2) is 5.34. The normalized spacial score (nSPS) is 25.4. The van der Waals surface area contributed by atoms with Crippen molar-refractivity contribution in [2.75, 3.05) is 0 Å². The van der Waals surface area contributed by atoms with Crippen LogP contribution in [0, 0.1) is 17.3 Å². The smallest absolute Gasteiger partial charge is 0.136 e. The van der Waals surface area contributed by atoms with Crippen molar-refractivity contribution < 1.29 is 4.79 Å². The zero-order valence-corrected chi connectivity index (χ0v) is 12.9. The Morgan fingerprint density at radius 1 is 1.39 bits per heavy atom. The molecule has 3 heteroatoms. The molecule has 2 atom stereocenters. The Morgan fingerprint density at radius 3 is 2.67 bits per heavy atom. The molecule has 0 radical (unpaired) electrons. The summed E-state index contributed by atoms with van der Waals surface area (Å²) in [6, 6.07) is 3.98. The molecule has 0 aliphatic heterocycles. The summed E-state index contributed by atoms with van der Waals surface area (Å²) in [7, 11) is 0. The van der Waals surface area contributed by atoms with Crippen molar-refractivity contribution in [3.05, 3.63) is 21.3 Å². The van der Waals surface area contributed by atoms with Gasteiger partial charge >= 0.3 is 0 Å². The van der Waals surface area contributed by atoms with Gasteiger partial charge in [-0.3, -0.25) is 4.79 Å².